The van der Waals surface area contributed by atoms with Crippen LogP contribution in [0.4, 0.5) is 5.69 Å². The maximum absolute atomic E-state index is 4.09. The summed E-state index contributed by atoms with van der Waals surface area (Å²) in [7, 11) is 0. The Bertz CT molecular complexity index is 356. The molecule has 2 rings (SSSR count). The van der Waals surface area contributed by atoms with Gasteiger partial charge in [-0.15, -0.1) is 0 Å². The number of anilines is 1. The minimum absolute atomic E-state index is 0.221. The zero-order chi connectivity index (χ0) is 13.0. The molecule has 1 atom stereocenters. The van der Waals surface area contributed by atoms with Crippen LogP contribution in [0.25, 0.3) is 0 Å². The highest BCUT2D eigenvalue weighted by Gasteiger charge is 2.21. The van der Waals surface area contributed by atoms with Gasteiger partial charge >= 0.3 is 0 Å². The van der Waals surface area contributed by atoms with Crippen molar-refractivity contribution in [2.75, 3.05) is 24.5 Å². The molecule has 1 unspecified atom stereocenters. The molecule has 0 aromatic carbocycles. The molecule has 18 heavy (non-hydrogen) atoms. The van der Waals surface area contributed by atoms with Crippen LogP contribution in [0.1, 0.15) is 33.6 Å². The number of piperidine rings is 1. The zero-order valence-electron chi connectivity index (χ0n) is 11.8. The zero-order valence-corrected chi connectivity index (χ0v) is 11.8. The van der Waals surface area contributed by atoms with Gasteiger partial charge in [-0.2, -0.15) is 0 Å². The molecule has 1 fully saturated rings. The molecule has 1 saturated heterocycles. The number of nitrogens with one attached hydrogen (secondary N) is 1. The molecule has 100 valence electrons. The van der Waals surface area contributed by atoms with Crippen molar-refractivity contribution in [3.8, 4) is 0 Å². The van der Waals surface area contributed by atoms with Gasteiger partial charge in [-0.25, -0.2) is 0 Å². The Labute approximate surface area is 111 Å². The fourth-order valence-corrected chi connectivity index (χ4v) is 2.47. The fraction of sp³-hybridized carbons (Fsp3) is 0.667. The Hall–Kier alpha value is -1.09. The molecule has 2 heterocycles. The Morgan fingerprint density at radius 3 is 2.72 bits per heavy atom. The van der Waals surface area contributed by atoms with E-state index in [1.54, 1.807) is 0 Å². The lowest BCUT2D eigenvalue weighted by molar-refractivity contribution is 0.335. The molecule has 0 saturated carbocycles. The summed E-state index contributed by atoms with van der Waals surface area (Å²) in [5.41, 5.74) is 1.53. The third-order valence-electron chi connectivity index (χ3n) is 3.47. The largest absolute Gasteiger partial charge is 0.371 e. The molecule has 0 amide bonds. The lowest BCUT2D eigenvalue weighted by Crippen LogP contribution is -2.44. The normalized spacial score (nSPS) is 21.1. The minimum atomic E-state index is 0.221. The first-order chi connectivity index (χ1) is 8.54. The lowest BCUT2D eigenvalue weighted by atomic mass is 9.96. The molecule has 1 aromatic heterocycles. The van der Waals surface area contributed by atoms with Crippen molar-refractivity contribution in [2.24, 2.45) is 5.92 Å². The fourth-order valence-electron chi connectivity index (χ4n) is 2.47. The van der Waals surface area contributed by atoms with Gasteiger partial charge in [0, 0.05) is 43.3 Å². The summed E-state index contributed by atoms with van der Waals surface area (Å²) in [5.74, 6) is 0.756. The third kappa shape index (κ3) is 3.98. The molecule has 0 spiro atoms. The maximum atomic E-state index is 4.09. The Kier molecular flexibility index (Phi) is 4.23. The van der Waals surface area contributed by atoms with Gasteiger partial charge in [-0.1, -0.05) is 0 Å². The standard InChI is InChI=1S/C15H25N3/c1-15(2,3)17-11-13-5-4-10-18(12-13)14-6-8-16-9-7-14/h6-9,13,17H,4-5,10-12H2,1-3H3. The van der Waals surface area contributed by atoms with E-state index in [-0.39, 0.29) is 5.54 Å². The average molecular weight is 247 g/mol. The van der Waals surface area contributed by atoms with E-state index < -0.39 is 0 Å². The Morgan fingerprint density at radius 1 is 1.33 bits per heavy atom. The predicted octanol–water partition coefficient (Wildman–Crippen LogP) is 2.69. The summed E-state index contributed by atoms with van der Waals surface area (Å²) in [4.78, 5) is 6.58. The van der Waals surface area contributed by atoms with E-state index in [4.69, 9.17) is 0 Å². The SMILES string of the molecule is CC(C)(C)NCC1CCCN(c2ccncc2)C1. The van der Waals surface area contributed by atoms with Crippen LogP contribution in [0.5, 0.6) is 0 Å². The summed E-state index contributed by atoms with van der Waals surface area (Å²) in [6.45, 7) is 10.2. The van der Waals surface area contributed by atoms with E-state index in [1.165, 1.54) is 25.1 Å². The van der Waals surface area contributed by atoms with Crippen LogP contribution >= 0.6 is 0 Å². The molecule has 1 N–H and O–H groups in total. The van der Waals surface area contributed by atoms with Gasteiger partial charge in [0.05, 0.1) is 0 Å². The summed E-state index contributed by atoms with van der Waals surface area (Å²) >= 11 is 0. The van der Waals surface area contributed by atoms with Crippen LogP contribution in [-0.2, 0) is 0 Å². The molecule has 0 aliphatic carbocycles. The summed E-state index contributed by atoms with van der Waals surface area (Å²) in [5, 5.41) is 3.62. The number of pyridine rings is 1. The first-order valence-electron chi connectivity index (χ1n) is 6.94. The second-order valence-electron chi connectivity index (χ2n) is 6.29. The summed E-state index contributed by atoms with van der Waals surface area (Å²) in [6.07, 6.45) is 6.39. The topological polar surface area (TPSA) is 28.2 Å². The van der Waals surface area contributed by atoms with Crippen molar-refractivity contribution < 1.29 is 0 Å². The van der Waals surface area contributed by atoms with Gasteiger partial charge < -0.3 is 10.2 Å². The van der Waals surface area contributed by atoms with Gasteiger partial charge in [0.2, 0.25) is 0 Å². The van der Waals surface area contributed by atoms with Crippen LogP contribution in [0.15, 0.2) is 24.5 Å². The van der Waals surface area contributed by atoms with Gasteiger partial charge in [-0.05, 0) is 51.7 Å². The van der Waals surface area contributed by atoms with E-state index in [9.17, 15) is 0 Å². The average Bonchev–Trinajstić information content (AvgIpc) is 2.37. The smallest absolute Gasteiger partial charge is 0.0397 e. The predicted molar refractivity (Wildman–Crippen MR) is 76.9 cm³/mol. The molecular weight excluding hydrogens is 222 g/mol. The summed E-state index contributed by atoms with van der Waals surface area (Å²) < 4.78 is 0. The van der Waals surface area contributed by atoms with Crippen molar-refractivity contribution in [3.63, 3.8) is 0 Å². The highest BCUT2D eigenvalue weighted by Crippen LogP contribution is 2.22. The lowest BCUT2D eigenvalue weighted by Gasteiger charge is -2.36. The second-order valence-corrected chi connectivity index (χ2v) is 6.29. The quantitative estimate of drug-likeness (QED) is 0.890. The second kappa shape index (κ2) is 5.70. The minimum Gasteiger partial charge on any atom is -0.371 e. The van der Waals surface area contributed by atoms with E-state index in [0.717, 1.165) is 19.0 Å². The maximum Gasteiger partial charge on any atom is 0.0397 e. The molecule has 1 aromatic rings. The molecule has 1 aliphatic rings. The number of hydrogen-bond acceptors (Lipinski definition) is 3. The number of aromatic nitrogens is 1. The van der Waals surface area contributed by atoms with Crippen molar-refractivity contribution in [1.29, 1.82) is 0 Å². The van der Waals surface area contributed by atoms with Gasteiger partial charge in [0.25, 0.3) is 0 Å². The van der Waals surface area contributed by atoms with E-state index >= 15 is 0 Å². The highest BCUT2D eigenvalue weighted by molar-refractivity contribution is 5.44. The Balaban J connectivity index is 1.89. The van der Waals surface area contributed by atoms with Gasteiger partial charge in [0.15, 0.2) is 0 Å². The van der Waals surface area contributed by atoms with E-state index in [0.29, 0.717) is 0 Å². The van der Waals surface area contributed by atoms with Crippen LogP contribution in [0.2, 0.25) is 0 Å². The molecular formula is C15H25N3. The monoisotopic (exact) mass is 247 g/mol. The number of hydrogen-bond donors (Lipinski definition) is 1. The van der Waals surface area contributed by atoms with Crippen molar-refractivity contribution in [3.05, 3.63) is 24.5 Å². The molecule has 1 aliphatic heterocycles. The van der Waals surface area contributed by atoms with Crippen molar-refractivity contribution in [1.82, 2.24) is 10.3 Å². The molecule has 0 bridgehead atoms. The molecule has 3 heteroatoms. The Morgan fingerprint density at radius 2 is 2.06 bits per heavy atom. The van der Waals surface area contributed by atoms with Gasteiger partial charge in [-0.3, -0.25) is 4.98 Å². The first-order valence-corrected chi connectivity index (χ1v) is 6.94. The van der Waals surface area contributed by atoms with Crippen LogP contribution in [0, 0.1) is 5.92 Å². The van der Waals surface area contributed by atoms with Crippen molar-refractivity contribution in [2.45, 2.75) is 39.2 Å². The third-order valence-corrected chi connectivity index (χ3v) is 3.47. The molecule has 0 radical (unpaired) electrons. The highest BCUT2D eigenvalue weighted by atomic mass is 15.1. The summed E-state index contributed by atoms with van der Waals surface area (Å²) in [6, 6.07) is 4.22. The van der Waals surface area contributed by atoms with Gasteiger partial charge in [0.1, 0.15) is 0 Å². The van der Waals surface area contributed by atoms with Crippen LogP contribution in [-0.4, -0.2) is 30.2 Å². The van der Waals surface area contributed by atoms with Crippen LogP contribution < -0.4 is 10.2 Å². The first kappa shape index (κ1) is 13.3. The van der Waals surface area contributed by atoms with Crippen molar-refractivity contribution >= 4 is 5.69 Å². The van der Waals surface area contributed by atoms with Crippen LogP contribution in [0.3, 0.4) is 0 Å². The number of nitrogens with zero attached hydrogens (tertiary/aromatic N) is 2. The number of rotatable bonds is 3. The van der Waals surface area contributed by atoms with E-state index in [1.807, 2.05) is 12.4 Å². The van der Waals surface area contributed by atoms with E-state index in [2.05, 4.69) is 48.1 Å². The molecule has 3 nitrogen and oxygen atoms in total.